The monoisotopic (exact) mass is 458 g/mol. The van der Waals surface area contributed by atoms with Crippen molar-refractivity contribution in [3.63, 3.8) is 0 Å². The maximum absolute atomic E-state index is 12.8. The molecule has 6 nitrogen and oxygen atoms in total. The van der Waals surface area contributed by atoms with E-state index in [2.05, 4.69) is 10.0 Å². The summed E-state index contributed by atoms with van der Waals surface area (Å²) in [6.07, 6.45) is 0. The van der Waals surface area contributed by atoms with Crippen molar-refractivity contribution in [3.8, 4) is 11.5 Å². The molecule has 1 amide bonds. The Labute approximate surface area is 192 Å². The molecule has 0 aliphatic heterocycles. The van der Waals surface area contributed by atoms with Gasteiger partial charge in [0, 0.05) is 11.3 Å². The molecule has 0 fully saturated rings. The number of aryl methyl sites for hydroxylation is 1. The molecule has 0 aliphatic carbocycles. The first kappa shape index (κ1) is 22.1. The third-order valence-electron chi connectivity index (χ3n) is 4.89. The van der Waals surface area contributed by atoms with Gasteiger partial charge in [-0.15, -0.1) is 0 Å². The highest BCUT2D eigenvalue weighted by atomic mass is 32.2. The van der Waals surface area contributed by atoms with E-state index in [1.54, 1.807) is 61.5 Å². The summed E-state index contributed by atoms with van der Waals surface area (Å²) in [5.74, 6) is 1.01. The van der Waals surface area contributed by atoms with Gasteiger partial charge in [-0.25, -0.2) is 8.42 Å². The van der Waals surface area contributed by atoms with Crippen molar-refractivity contribution in [2.45, 2.75) is 11.8 Å². The largest absolute Gasteiger partial charge is 0.457 e. The van der Waals surface area contributed by atoms with Gasteiger partial charge in [-0.2, -0.15) is 0 Å². The zero-order valence-corrected chi connectivity index (χ0v) is 18.7. The number of anilines is 2. The molecule has 0 bridgehead atoms. The lowest BCUT2D eigenvalue weighted by atomic mass is 10.1. The van der Waals surface area contributed by atoms with Gasteiger partial charge in [0.2, 0.25) is 0 Å². The Balaban J connectivity index is 1.46. The molecule has 0 heterocycles. The van der Waals surface area contributed by atoms with Crippen LogP contribution in [0, 0.1) is 6.92 Å². The van der Waals surface area contributed by atoms with Gasteiger partial charge >= 0.3 is 0 Å². The first-order valence-electron chi connectivity index (χ1n) is 10.2. The normalized spacial score (nSPS) is 10.9. The average molecular weight is 459 g/mol. The minimum Gasteiger partial charge on any atom is -0.457 e. The number of amides is 1. The number of para-hydroxylation sites is 1. The Morgan fingerprint density at radius 1 is 0.758 bits per heavy atom. The highest BCUT2D eigenvalue weighted by Crippen LogP contribution is 2.24. The lowest BCUT2D eigenvalue weighted by Gasteiger charge is -2.13. The molecule has 166 valence electrons. The van der Waals surface area contributed by atoms with Crippen LogP contribution in [0.3, 0.4) is 0 Å². The van der Waals surface area contributed by atoms with Crippen LogP contribution in [0.5, 0.6) is 11.5 Å². The fraction of sp³-hybridized carbons (Fsp3) is 0.0385. The van der Waals surface area contributed by atoms with E-state index in [9.17, 15) is 13.2 Å². The van der Waals surface area contributed by atoms with E-state index in [-0.39, 0.29) is 10.8 Å². The van der Waals surface area contributed by atoms with E-state index in [1.807, 2.05) is 30.3 Å². The number of hydrogen-bond acceptors (Lipinski definition) is 4. The summed E-state index contributed by atoms with van der Waals surface area (Å²) in [4.78, 5) is 12.9. The second kappa shape index (κ2) is 9.58. The predicted molar refractivity (Wildman–Crippen MR) is 129 cm³/mol. The molecule has 0 atom stereocenters. The van der Waals surface area contributed by atoms with Crippen molar-refractivity contribution < 1.29 is 17.9 Å². The Bertz CT molecular complexity index is 1350. The van der Waals surface area contributed by atoms with Crippen LogP contribution >= 0.6 is 0 Å². The third-order valence-corrected chi connectivity index (χ3v) is 6.27. The smallest absolute Gasteiger partial charge is 0.261 e. The standard InChI is InChI=1S/C26H22N2O4S/c1-19-12-13-20(18-25(19)28-33(30,31)24-10-6-3-7-11-24)26(29)27-21-14-16-23(17-15-21)32-22-8-4-2-5-9-22/h2-18,28H,1H3,(H,27,29). The molecule has 4 aromatic carbocycles. The molecular formula is C26H22N2O4S. The van der Waals surface area contributed by atoms with E-state index in [1.165, 1.54) is 18.2 Å². The lowest BCUT2D eigenvalue weighted by Crippen LogP contribution is -2.16. The maximum atomic E-state index is 12.8. The molecule has 0 radical (unpaired) electrons. The van der Waals surface area contributed by atoms with Gasteiger partial charge in [-0.3, -0.25) is 9.52 Å². The van der Waals surface area contributed by atoms with Crippen LogP contribution in [0.4, 0.5) is 11.4 Å². The summed E-state index contributed by atoms with van der Waals surface area (Å²) in [5.41, 5.74) is 1.97. The molecule has 0 unspecified atom stereocenters. The van der Waals surface area contributed by atoms with Crippen LogP contribution in [-0.4, -0.2) is 14.3 Å². The number of ether oxygens (including phenoxy) is 1. The van der Waals surface area contributed by atoms with Crippen LogP contribution in [0.15, 0.2) is 108 Å². The van der Waals surface area contributed by atoms with Crippen molar-refractivity contribution in [3.05, 3.63) is 114 Å². The SMILES string of the molecule is Cc1ccc(C(=O)Nc2ccc(Oc3ccccc3)cc2)cc1NS(=O)(=O)c1ccccc1. The van der Waals surface area contributed by atoms with E-state index in [0.29, 0.717) is 28.3 Å². The first-order chi connectivity index (χ1) is 15.9. The number of sulfonamides is 1. The molecule has 0 saturated heterocycles. The van der Waals surface area contributed by atoms with Crippen LogP contribution in [0.1, 0.15) is 15.9 Å². The quantitative estimate of drug-likeness (QED) is 0.364. The number of carbonyl (C=O) groups excluding carboxylic acids is 1. The Kier molecular flexibility index (Phi) is 6.42. The van der Waals surface area contributed by atoms with Crippen molar-refractivity contribution in [2.24, 2.45) is 0 Å². The van der Waals surface area contributed by atoms with Crippen molar-refractivity contribution in [1.29, 1.82) is 0 Å². The number of hydrogen-bond donors (Lipinski definition) is 2. The molecule has 0 saturated carbocycles. The number of carbonyl (C=O) groups is 1. The highest BCUT2D eigenvalue weighted by molar-refractivity contribution is 7.92. The molecule has 0 aliphatic rings. The van der Waals surface area contributed by atoms with E-state index in [4.69, 9.17) is 4.74 Å². The molecule has 4 rings (SSSR count). The van der Waals surface area contributed by atoms with Gasteiger partial charge in [0.15, 0.2) is 0 Å². The minimum absolute atomic E-state index is 0.150. The summed E-state index contributed by atoms with van der Waals surface area (Å²) in [6, 6.07) is 29.4. The van der Waals surface area contributed by atoms with E-state index >= 15 is 0 Å². The molecule has 4 aromatic rings. The van der Waals surface area contributed by atoms with Gasteiger partial charge in [-0.1, -0.05) is 42.5 Å². The van der Waals surface area contributed by atoms with Crippen LogP contribution < -0.4 is 14.8 Å². The second-order valence-corrected chi connectivity index (χ2v) is 9.02. The average Bonchev–Trinajstić information content (AvgIpc) is 2.83. The Hall–Kier alpha value is -4.10. The maximum Gasteiger partial charge on any atom is 0.261 e. The zero-order valence-electron chi connectivity index (χ0n) is 17.9. The van der Waals surface area contributed by atoms with Gasteiger partial charge in [0.1, 0.15) is 11.5 Å². The third kappa shape index (κ3) is 5.58. The summed E-state index contributed by atoms with van der Waals surface area (Å²) >= 11 is 0. The molecule has 0 spiro atoms. The topological polar surface area (TPSA) is 84.5 Å². The molecule has 33 heavy (non-hydrogen) atoms. The lowest BCUT2D eigenvalue weighted by molar-refractivity contribution is 0.102. The van der Waals surface area contributed by atoms with Gasteiger partial charge < -0.3 is 10.1 Å². The fourth-order valence-corrected chi connectivity index (χ4v) is 4.25. The molecule has 0 aromatic heterocycles. The zero-order chi connectivity index (χ0) is 23.3. The molecule has 2 N–H and O–H groups in total. The van der Waals surface area contributed by atoms with E-state index in [0.717, 1.165) is 5.75 Å². The van der Waals surface area contributed by atoms with Gasteiger partial charge in [0.05, 0.1) is 10.6 Å². The van der Waals surface area contributed by atoms with E-state index < -0.39 is 10.0 Å². The predicted octanol–water partition coefficient (Wildman–Crippen LogP) is 5.84. The number of rotatable bonds is 7. The Morgan fingerprint density at radius 2 is 1.36 bits per heavy atom. The number of nitrogens with one attached hydrogen (secondary N) is 2. The fourth-order valence-electron chi connectivity index (χ4n) is 3.11. The summed E-state index contributed by atoms with van der Waals surface area (Å²) in [6.45, 7) is 1.77. The van der Waals surface area contributed by atoms with Crippen molar-refractivity contribution in [2.75, 3.05) is 10.0 Å². The van der Waals surface area contributed by atoms with Crippen LogP contribution in [-0.2, 0) is 10.0 Å². The van der Waals surface area contributed by atoms with Crippen LogP contribution in [0.25, 0.3) is 0 Å². The minimum atomic E-state index is -3.76. The van der Waals surface area contributed by atoms with Crippen molar-refractivity contribution in [1.82, 2.24) is 0 Å². The van der Waals surface area contributed by atoms with Crippen LogP contribution in [0.2, 0.25) is 0 Å². The molecule has 7 heteroatoms. The summed E-state index contributed by atoms with van der Waals surface area (Å²) in [7, 11) is -3.76. The highest BCUT2D eigenvalue weighted by Gasteiger charge is 2.16. The number of benzene rings is 4. The van der Waals surface area contributed by atoms with Crippen molar-refractivity contribution >= 4 is 27.3 Å². The molecular weight excluding hydrogens is 436 g/mol. The first-order valence-corrected chi connectivity index (χ1v) is 11.7. The second-order valence-electron chi connectivity index (χ2n) is 7.34. The van der Waals surface area contributed by atoms with Gasteiger partial charge in [0.25, 0.3) is 15.9 Å². The Morgan fingerprint density at radius 3 is 2.03 bits per heavy atom. The summed E-state index contributed by atoms with van der Waals surface area (Å²) in [5, 5.41) is 2.82. The summed E-state index contributed by atoms with van der Waals surface area (Å²) < 4.78 is 33.7. The van der Waals surface area contributed by atoms with Gasteiger partial charge in [-0.05, 0) is 73.2 Å².